The molecule has 184 valence electrons. The van der Waals surface area contributed by atoms with Gasteiger partial charge >= 0.3 is 0 Å². The van der Waals surface area contributed by atoms with E-state index in [2.05, 4.69) is 33.1 Å². The number of thioether (sulfide) groups is 1. The van der Waals surface area contributed by atoms with Crippen LogP contribution in [0.1, 0.15) is 22.4 Å². The smallest absolute Gasteiger partial charge is 0.267 e. The molecule has 5 rings (SSSR count). The number of nitrogens with one attached hydrogen (secondary N) is 1. The summed E-state index contributed by atoms with van der Waals surface area (Å²) in [5.74, 6) is -0.249. The Morgan fingerprint density at radius 2 is 2.06 bits per heavy atom. The molecule has 36 heavy (non-hydrogen) atoms. The van der Waals surface area contributed by atoms with E-state index in [0.717, 1.165) is 28.4 Å². The van der Waals surface area contributed by atoms with Crippen LogP contribution in [0.3, 0.4) is 0 Å². The molecule has 0 saturated carbocycles. The van der Waals surface area contributed by atoms with Gasteiger partial charge in [0.05, 0.1) is 26.6 Å². The third kappa shape index (κ3) is 5.30. The van der Waals surface area contributed by atoms with Gasteiger partial charge in [-0.15, -0.1) is 11.3 Å². The number of hydrogen-bond donors (Lipinski definition) is 2. The number of phenols is 1. The number of rotatable bonds is 6. The quantitative estimate of drug-likeness (QED) is 0.0859. The SMILES string of the molecule is O=C(CSc1nc2sc3c(c2c(=O)n1-c1ccc(Cl)cc1)CCC3)N/N=C/c1cc(I)cc(I)c1O. The summed E-state index contributed by atoms with van der Waals surface area (Å²) in [6.45, 7) is 0. The maximum Gasteiger partial charge on any atom is 0.267 e. The van der Waals surface area contributed by atoms with Gasteiger partial charge in [0.2, 0.25) is 0 Å². The van der Waals surface area contributed by atoms with Crippen LogP contribution >= 0.6 is 79.9 Å². The zero-order valence-electron chi connectivity index (χ0n) is 18.4. The molecule has 7 nitrogen and oxygen atoms in total. The molecule has 0 atom stereocenters. The van der Waals surface area contributed by atoms with Crippen molar-refractivity contribution in [2.45, 2.75) is 24.4 Å². The predicted molar refractivity (Wildman–Crippen MR) is 162 cm³/mol. The van der Waals surface area contributed by atoms with Crippen molar-refractivity contribution in [3.8, 4) is 11.4 Å². The van der Waals surface area contributed by atoms with Crippen molar-refractivity contribution >= 4 is 102 Å². The lowest BCUT2D eigenvalue weighted by molar-refractivity contribution is -0.118. The molecule has 2 aromatic heterocycles. The van der Waals surface area contributed by atoms with Gasteiger partial charge in [-0.1, -0.05) is 23.4 Å². The molecular formula is C24H17ClI2N4O3S2. The first-order valence-corrected chi connectivity index (χ1v) is 15.1. The number of aromatic hydroxyl groups is 1. The monoisotopic (exact) mass is 762 g/mol. The number of fused-ring (bicyclic) bond motifs is 3. The molecule has 0 aliphatic heterocycles. The molecule has 0 bridgehead atoms. The lowest BCUT2D eigenvalue weighted by Crippen LogP contribution is -2.24. The van der Waals surface area contributed by atoms with Gasteiger partial charge in [0, 0.05) is 19.0 Å². The van der Waals surface area contributed by atoms with Gasteiger partial charge in [0.1, 0.15) is 10.6 Å². The highest BCUT2D eigenvalue weighted by Gasteiger charge is 2.24. The Hall–Kier alpha value is -1.68. The maximum absolute atomic E-state index is 13.7. The molecule has 0 saturated heterocycles. The summed E-state index contributed by atoms with van der Waals surface area (Å²) >= 11 is 13.0. The number of aromatic nitrogens is 2. The van der Waals surface area contributed by atoms with Crippen molar-refractivity contribution in [2.75, 3.05) is 5.75 Å². The number of hydrazone groups is 1. The molecule has 0 unspecified atom stereocenters. The Labute approximate surface area is 246 Å². The molecule has 2 N–H and O–H groups in total. The largest absolute Gasteiger partial charge is 0.506 e. The minimum absolute atomic E-state index is 0.00378. The predicted octanol–water partition coefficient (Wildman–Crippen LogP) is 5.75. The average molecular weight is 763 g/mol. The van der Waals surface area contributed by atoms with Crippen LogP contribution in [-0.2, 0) is 17.6 Å². The lowest BCUT2D eigenvalue weighted by Gasteiger charge is -2.12. The molecule has 1 amide bonds. The average Bonchev–Trinajstić information content (AvgIpc) is 3.43. The number of phenolic OH excluding ortho intramolecular Hbond substituents is 1. The molecule has 0 spiro atoms. The van der Waals surface area contributed by atoms with Gasteiger partial charge in [-0.2, -0.15) is 5.10 Å². The van der Waals surface area contributed by atoms with E-state index < -0.39 is 0 Å². The van der Waals surface area contributed by atoms with Crippen LogP contribution < -0.4 is 11.0 Å². The van der Waals surface area contributed by atoms with Crippen LogP contribution in [-0.4, -0.2) is 32.5 Å². The number of carbonyl (C=O) groups excluding carboxylic acids is 1. The van der Waals surface area contributed by atoms with Crippen LogP contribution in [0.4, 0.5) is 0 Å². The molecule has 4 aromatic rings. The Morgan fingerprint density at radius 1 is 1.28 bits per heavy atom. The van der Waals surface area contributed by atoms with Crippen molar-refractivity contribution in [1.29, 1.82) is 0 Å². The molecule has 0 radical (unpaired) electrons. The normalized spacial score (nSPS) is 13.0. The van der Waals surface area contributed by atoms with Crippen molar-refractivity contribution in [3.63, 3.8) is 0 Å². The molecule has 0 fully saturated rings. The highest BCUT2D eigenvalue weighted by Crippen LogP contribution is 2.36. The summed E-state index contributed by atoms with van der Waals surface area (Å²) in [5.41, 5.74) is 4.60. The fourth-order valence-electron chi connectivity index (χ4n) is 3.96. The third-order valence-electron chi connectivity index (χ3n) is 5.58. The fourth-order valence-corrected chi connectivity index (χ4v) is 8.08. The summed E-state index contributed by atoms with van der Waals surface area (Å²) in [6, 6.07) is 10.6. The summed E-state index contributed by atoms with van der Waals surface area (Å²) < 4.78 is 3.19. The molecule has 2 heterocycles. The number of benzene rings is 2. The van der Waals surface area contributed by atoms with Crippen LogP contribution in [0.2, 0.25) is 5.02 Å². The van der Waals surface area contributed by atoms with E-state index in [-0.39, 0.29) is 23.0 Å². The molecular weight excluding hydrogens is 746 g/mol. The van der Waals surface area contributed by atoms with Gasteiger partial charge < -0.3 is 5.11 Å². The maximum atomic E-state index is 13.7. The van der Waals surface area contributed by atoms with Crippen LogP contribution in [0.25, 0.3) is 15.9 Å². The zero-order chi connectivity index (χ0) is 25.4. The van der Waals surface area contributed by atoms with Gasteiger partial charge in [-0.25, -0.2) is 10.4 Å². The number of nitrogens with zero attached hydrogens (tertiary/aromatic N) is 3. The van der Waals surface area contributed by atoms with E-state index in [4.69, 9.17) is 16.6 Å². The number of amides is 1. The van der Waals surface area contributed by atoms with E-state index in [1.54, 1.807) is 46.2 Å². The second kappa shape index (κ2) is 11.0. The van der Waals surface area contributed by atoms with E-state index in [1.807, 2.05) is 28.7 Å². The summed E-state index contributed by atoms with van der Waals surface area (Å²) in [7, 11) is 0. The first kappa shape index (κ1) is 25.9. The first-order valence-electron chi connectivity index (χ1n) is 10.8. The molecule has 2 aromatic carbocycles. The topological polar surface area (TPSA) is 96.6 Å². The fraction of sp³-hybridized carbons (Fsp3) is 0.167. The molecule has 1 aliphatic carbocycles. The Kier molecular flexibility index (Phi) is 7.91. The Balaban J connectivity index is 1.40. The van der Waals surface area contributed by atoms with Crippen molar-refractivity contribution in [1.82, 2.24) is 15.0 Å². The second-order valence-electron chi connectivity index (χ2n) is 7.96. The highest BCUT2D eigenvalue weighted by atomic mass is 127. The summed E-state index contributed by atoms with van der Waals surface area (Å²) in [4.78, 5) is 32.9. The van der Waals surface area contributed by atoms with Crippen molar-refractivity contribution in [3.05, 3.63) is 74.9 Å². The number of halogens is 3. The highest BCUT2D eigenvalue weighted by molar-refractivity contribution is 14.1. The van der Waals surface area contributed by atoms with Crippen LogP contribution in [0.15, 0.2) is 51.5 Å². The lowest BCUT2D eigenvalue weighted by atomic mass is 10.2. The standard InChI is InChI=1S/C24H17ClI2N4O3S2/c25-13-4-6-15(7-5-13)31-23(34)20-16-2-1-3-18(16)36-22(20)29-24(31)35-11-19(32)30-28-10-12-8-14(26)9-17(27)21(12)33/h4-10,33H,1-3,11H2,(H,30,32)/b28-10+. The van der Waals surface area contributed by atoms with E-state index in [1.165, 1.54) is 22.9 Å². The number of hydrogen-bond acceptors (Lipinski definition) is 7. The van der Waals surface area contributed by atoms with Gasteiger partial charge in [-0.3, -0.25) is 14.2 Å². The molecule has 12 heteroatoms. The Morgan fingerprint density at radius 3 is 2.83 bits per heavy atom. The zero-order valence-corrected chi connectivity index (χ0v) is 25.1. The van der Waals surface area contributed by atoms with Crippen molar-refractivity contribution < 1.29 is 9.90 Å². The second-order valence-corrected chi connectivity index (χ2v) is 12.8. The van der Waals surface area contributed by atoms with E-state index >= 15 is 0 Å². The van der Waals surface area contributed by atoms with E-state index in [0.29, 0.717) is 35.2 Å². The third-order valence-corrected chi connectivity index (χ3v) is 9.40. The van der Waals surface area contributed by atoms with E-state index in [9.17, 15) is 14.7 Å². The Bertz CT molecular complexity index is 1590. The van der Waals surface area contributed by atoms with Gasteiger partial charge in [0.15, 0.2) is 5.16 Å². The first-order chi connectivity index (χ1) is 17.3. The van der Waals surface area contributed by atoms with Crippen molar-refractivity contribution in [2.24, 2.45) is 5.10 Å². The van der Waals surface area contributed by atoms with Crippen LogP contribution in [0, 0.1) is 7.14 Å². The number of aryl methyl sites for hydroxylation is 2. The van der Waals surface area contributed by atoms with Gasteiger partial charge in [-0.05, 0) is 106 Å². The van der Waals surface area contributed by atoms with Crippen LogP contribution in [0.5, 0.6) is 5.75 Å². The minimum atomic E-state index is -0.359. The number of thiophene rings is 1. The van der Waals surface area contributed by atoms with Gasteiger partial charge in [0.25, 0.3) is 11.5 Å². The number of carbonyl (C=O) groups is 1. The summed E-state index contributed by atoms with van der Waals surface area (Å²) in [5, 5.41) is 15.8. The molecule has 1 aliphatic rings. The minimum Gasteiger partial charge on any atom is -0.506 e. The summed E-state index contributed by atoms with van der Waals surface area (Å²) in [6.07, 6.45) is 4.31.